The first-order valence-electron chi connectivity index (χ1n) is 8.24. The summed E-state index contributed by atoms with van der Waals surface area (Å²) in [5.41, 5.74) is 2.60. The molecule has 0 N–H and O–H groups in total. The summed E-state index contributed by atoms with van der Waals surface area (Å²) in [6, 6.07) is 3.56. The van der Waals surface area contributed by atoms with Crippen LogP contribution >= 0.6 is 0 Å². The predicted molar refractivity (Wildman–Crippen MR) is 92.9 cm³/mol. The standard InChI is InChI=1S/C17H19N5O4/c1-4-25-17(23)26-14-6-12(24-3)5-13-15(14)16-19-18-9-21(16)8-11-7-20(2)10-22(11)13/h5-7,9H,4,8,10H2,1-3H3. The number of benzene rings is 1. The van der Waals surface area contributed by atoms with Crippen LogP contribution in [0.5, 0.6) is 11.5 Å². The van der Waals surface area contributed by atoms with E-state index in [0.29, 0.717) is 36.1 Å². The minimum Gasteiger partial charge on any atom is -0.497 e. The van der Waals surface area contributed by atoms with Gasteiger partial charge in [-0.05, 0) is 6.92 Å². The largest absolute Gasteiger partial charge is 0.513 e. The summed E-state index contributed by atoms with van der Waals surface area (Å²) in [5, 5.41) is 8.27. The minimum atomic E-state index is -0.771. The normalized spacial score (nSPS) is 14.8. The second kappa shape index (κ2) is 6.25. The molecule has 0 aliphatic carbocycles. The lowest BCUT2D eigenvalue weighted by molar-refractivity contribution is 0.104. The zero-order valence-electron chi connectivity index (χ0n) is 14.8. The Morgan fingerprint density at radius 1 is 1.35 bits per heavy atom. The van der Waals surface area contributed by atoms with Crippen molar-refractivity contribution in [2.75, 3.05) is 32.3 Å². The molecule has 2 aliphatic rings. The lowest BCUT2D eigenvalue weighted by Gasteiger charge is -2.24. The molecule has 0 saturated heterocycles. The molecule has 2 aromatic rings. The van der Waals surface area contributed by atoms with Crippen LogP contribution in [0.4, 0.5) is 10.5 Å². The molecule has 0 saturated carbocycles. The quantitative estimate of drug-likeness (QED) is 0.610. The van der Waals surface area contributed by atoms with Crippen molar-refractivity contribution in [3.05, 3.63) is 30.4 Å². The van der Waals surface area contributed by atoms with Crippen molar-refractivity contribution in [1.82, 2.24) is 19.7 Å². The fraction of sp³-hybridized carbons (Fsp3) is 0.353. The predicted octanol–water partition coefficient (Wildman–Crippen LogP) is 2.05. The van der Waals surface area contributed by atoms with E-state index in [1.165, 1.54) is 0 Å². The summed E-state index contributed by atoms with van der Waals surface area (Å²) in [4.78, 5) is 16.2. The van der Waals surface area contributed by atoms with Crippen molar-refractivity contribution in [3.63, 3.8) is 0 Å². The second-order valence-corrected chi connectivity index (χ2v) is 6.03. The van der Waals surface area contributed by atoms with E-state index in [1.807, 2.05) is 17.7 Å². The Bertz CT molecular complexity index is 891. The highest BCUT2D eigenvalue weighted by Gasteiger charge is 2.32. The van der Waals surface area contributed by atoms with Crippen molar-refractivity contribution < 1.29 is 19.0 Å². The molecular weight excluding hydrogens is 338 g/mol. The Morgan fingerprint density at radius 3 is 2.96 bits per heavy atom. The molecule has 0 atom stereocenters. The molecule has 9 heteroatoms. The van der Waals surface area contributed by atoms with Crippen LogP contribution in [-0.2, 0) is 11.3 Å². The van der Waals surface area contributed by atoms with Gasteiger partial charge in [0.2, 0.25) is 0 Å². The molecule has 136 valence electrons. The molecular formula is C17H19N5O4. The molecule has 3 heterocycles. The molecule has 9 nitrogen and oxygen atoms in total. The topological polar surface area (TPSA) is 81.9 Å². The van der Waals surface area contributed by atoms with Crippen LogP contribution in [0.3, 0.4) is 0 Å². The Hall–Kier alpha value is -3.23. The summed E-state index contributed by atoms with van der Waals surface area (Å²) < 4.78 is 17.7. The SMILES string of the molecule is CCOC(=O)Oc1cc(OC)cc2c1-c1nncn1CC1=CN(C)CN12. The van der Waals surface area contributed by atoms with Crippen LogP contribution in [-0.4, -0.2) is 53.3 Å². The van der Waals surface area contributed by atoms with Crippen molar-refractivity contribution in [2.45, 2.75) is 13.5 Å². The van der Waals surface area contributed by atoms with Gasteiger partial charge in [-0.15, -0.1) is 10.2 Å². The van der Waals surface area contributed by atoms with E-state index in [9.17, 15) is 4.79 Å². The molecule has 0 bridgehead atoms. The van der Waals surface area contributed by atoms with Crippen molar-refractivity contribution in [3.8, 4) is 22.9 Å². The maximum atomic E-state index is 12.0. The van der Waals surface area contributed by atoms with Gasteiger partial charge in [-0.1, -0.05) is 0 Å². The third kappa shape index (κ3) is 2.61. The lowest BCUT2D eigenvalue weighted by Crippen LogP contribution is -2.25. The highest BCUT2D eigenvalue weighted by atomic mass is 16.7. The maximum absolute atomic E-state index is 12.0. The first-order valence-corrected chi connectivity index (χ1v) is 8.24. The van der Waals surface area contributed by atoms with Crippen LogP contribution in [0.25, 0.3) is 11.4 Å². The Labute approximate surface area is 150 Å². The van der Waals surface area contributed by atoms with Gasteiger partial charge in [0.1, 0.15) is 12.1 Å². The van der Waals surface area contributed by atoms with E-state index in [-0.39, 0.29) is 6.61 Å². The van der Waals surface area contributed by atoms with Gasteiger partial charge in [-0.2, -0.15) is 0 Å². The molecule has 0 fully saturated rings. The van der Waals surface area contributed by atoms with Crippen LogP contribution in [0.2, 0.25) is 0 Å². The van der Waals surface area contributed by atoms with Gasteiger partial charge in [0.15, 0.2) is 11.6 Å². The number of ether oxygens (including phenoxy) is 3. The van der Waals surface area contributed by atoms with E-state index in [4.69, 9.17) is 14.2 Å². The van der Waals surface area contributed by atoms with Gasteiger partial charge in [-0.3, -0.25) is 0 Å². The van der Waals surface area contributed by atoms with E-state index in [1.54, 1.807) is 26.4 Å². The summed E-state index contributed by atoms with van der Waals surface area (Å²) in [5.74, 6) is 1.52. The molecule has 1 aromatic carbocycles. The van der Waals surface area contributed by atoms with Crippen molar-refractivity contribution >= 4 is 11.8 Å². The van der Waals surface area contributed by atoms with E-state index in [2.05, 4.69) is 26.2 Å². The van der Waals surface area contributed by atoms with Crippen LogP contribution in [0.15, 0.2) is 30.4 Å². The first kappa shape index (κ1) is 16.2. The number of carbonyl (C=O) groups is 1. The first-order chi connectivity index (χ1) is 12.6. The van der Waals surface area contributed by atoms with E-state index < -0.39 is 6.16 Å². The van der Waals surface area contributed by atoms with Crippen molar-refractivity contribution in [2.24, 2.45) is 0 Å². The van der Waals surface area contributed by atoms with Gasteiger partial charge in [-0.25, -0.2) is 4.79 Å². The average molecular weight is 357 g/mol. The van der Waals surface area contributed by atoms with Gasteiger partial charge >= 0.3 is 6.16 Å². The lowest BCUT2D eigenvalue weighted by atomic mass is 10.1. The molecule has 0 radical (unpaired) electrons. The van der Waals surface area contributed by atoms with E-state index >= 15 is 0 Å². The molecule has 2 aliphatic heterocycles. The van der Waals surface area contributed by atoms with Gasteiger partial charge in [0.05, 0.1) is 43.9 Å². The zero-order chi connectivity index (χ0) is 18.3. The molecule has 0 spiro atoms. The van der Waals surface area contributed by atoms with Crippen molar-refractivity contribution in [1.29, 1.82) is 0 Å². The summed E-state index contributed by atoms with van der Waals surface area (Å²) in [7, 11) is 3.58. The van der Waals surface area contributed by atoms with Gasteiger partial charge < -0.3 is 28.6 Å². The van der Waals surface area contributed by atoms with Gasteiger partial charge in [0, 0.05) is 25.4 Å². The number of hydrogen-bond acceptors (Lipinski definition) is 8. The summed E-state index contributed by atoms with van der Waals surface area (Å²) in [6.45, 7) is 3.24. The summed E-state index contributed by atoms with van der Waals surface area (Å²) >= 11 is 0. The molecule has 26 heavy (non-hydrogen) atoms. The van der Waals surface area contributed by atoms with Gasteiger partial charge in [0.25, 0.3) is 0 Å². The van der Waals surface area contributed by atoms with E-state index in [0.717, 1.165) is 11.4 Å². The Morgan fingerprint density at radius 2 is 2.19 bits per heavy atom. The third-order valence-electron chi connectivity index (χ3n) is 4.29. The molecule has 0 unspecified atom stereocenters. The smallest absolute Gasteiger partial charge is 0.497 e. The fourth-order valence-electron chi connectivity index (χ4n) is 3.22. The highest BCUT2D eigenvalue weighted by molar-refractivity contribution is 5.86. The average Bonchev–Trinajstić information content (AvgIpc) is 3.18. The Balaban J connectivity index is 1.92. The number of anilines is 1. The zero-order valence-corrected chi connectivity index (χ0v) is 14.8. The highest BCUT2D eigenvalue weighted by Crippen LogP contribution is 2.45. The number of methoxy groups -OCH3 is 1. The van der Waals surface area contributed by atoms with Crippen LogP contribution in [0, 0.1) is 0 Å². The number of rotatable bonds is 3. The molecule has 4 rings (SSSR count). The molecule has 1 aromatic heterocycles. The third-order valence-corrected chi connectivity index (χ3v) is 4.29. The number of hydrogen-bond donors (Lipinski definition) is 0. The Kier molecular flexibility index (Phi) is 3.90. The number of fused-ring (bicyclic) bond motifs is 5. The fourth-order valence-corrected chi connectivity index (χ4v) is 3.22. The monoisotopic (exact) mass is 357 g/mol. The maximum Gasteiger partial charge on any atom is 0.513 e. The number of aromatic nitrogens is 3. The minimum absolute atomic E-state index is 0.227. The second-order valence-electron chi connectivity index (χ2n) is 6.03. The molecule has 0 amide bonds. The van der Waals surface area contributed by atoms with Crippen LogP contribution in [0.1, 0.15) is 6.92 Å². The number of allylic oxidation sites excluding steroid dienone is 1. The van der Waals surface area contributed by atoms with Crippen LogP contribution < -0.4 is 14.4 Å². The summed E-state index contributed by atoms with van der Waals surface area (Å²) in [6.07, 6.45) is 2.97. The number of carbonyl (C=O) groups excluding carboxylic acids is 1. The number of nitrogens with zero attached hydrogens (tertiary/aromatic N) is 5.